The molecule has 0 atom stereocenters. The molecular formula is C18H20N2O4. The van der Waals surface area contributed by atoms with Gasteiger partial charge in [-0.15, -0.1) is 0 Å². The number of carbonyl (C=O) groups is 2. The van der Waals surface area contributed by atoms with Gasteiger partial charge >= 0.3 is 11.8 Å². The van der Waals surface area contributed by atoms with Crippen LogP contribution in [-0.2, 0) is 9.59 Å². The Morgan fingerprint density at radius 2 is 1.54 bits per heavy atom. The van der Waals surface area contributed by atoms with E-state index in [9.17, 15) is 9.59 Å². The maximum atomic E-state index is 12.2. The van der Waals surface area contributed by atoms with E-state index in [0.29, 0.717) is 22.9 Å². The number of anilines is 2. The molecule has 0 aliphatic rings. The van der Waals surface area contributed by atoms with Gasteiger partial charge < -0.3 is 20.1 Å². The molecule has 6 nitrogen and oxygen atoms in total. The highest BCUT2D eigenvalue weighted by molar-refractivity contribution is 6.43. The lowest BCUT2D eigenvalue weighted by Gasteiger charge is -2.13. The number of ether oxygens (including phenoxy) is 2. The third kappa shape index (κ3) is 3.84. The monoisotopic (exact) mass is 328 g/mol. The number of hydrogen-bond acceptors (Lipinski definition) is 4. The van der Waals surface area contributed by atoms with Crippen molar-refractivity contribution in [3.05, 3.63) is 47.5 Å². The lowest BCUT2D eigenvalue weighted by atomic mass is 10.1. The summed E-state index contributed by atoms with van der Waals surface area (Å²) in [6.45, 7) is 3.82. The molecule has 6 heteroatoms. The zero-order valence-corrected chi connectivity index (χ0v) is 14.1. The van der Waals surface area contributed by atoms with Crippen molar-refractivity contribution in [3.63, 3.8) is 0 Å². The Bertz CT molecular complexity index is 772. The van der Waals surface area contributed by atoms with Crippen molar-refractivity contribution in [1.82, 2.24) is 0 Å². The number of aryl methyl sites for hydroxylation is 1. The average molecular weight is 328 g/mol. The Morgan fingerprint density at radius 1 is 0.875 bits per heavy atom. The smallest absolute Gasteiger partial charge is 0.314 e. The predicted octanol–water partition coefficient (Wildman–Crippen LogP) is 2.90. The van der Waals surface area contributed by atoms with E-state index < -0.39 is 11.8 Å². The number of rotatable bonds is 4. The van der Waals surface area contributed by atoms with Gasteiger partial charge in [0.25, 0.3) is 0 Å². The first-order valence-electron chi connectivity index (χ1n) is 7.37. The van der Waals surface area contributed by atoms with Crippen LogP contribution >= 0.6 is 0 Å². The van der Waals surface area contributed by atoms with Gasteiger partial charge in [-0.25, -0.2) is 0 Å². The first kappa shape index (κ1) is 17.3. The number of benzene rings is 2. The zero-order valence-electron chi connectivity index (χ0n) is 14.1. The minimum absolute atomic E-state index is 0.359. The summed E-state index contributed by atoms with van der Waals surface area (Å²) >= 11 is 0. The molecule has 2 amide bonds. The minimum Gasteiger partial charge on any atom is -0.497 e. The first-order valence-corrected chi connectivity index (χ1v) is 7.37. The van der Waals surface area contributed by atoms with Gasteiger partial charge in [-0.1, -0.05) is 12.1 Å². The molecule has 0 fully saturated rings. The highest BCUT2D eigenvalue weighted by atomic mass is 16.5. The molecule has 24 heavy (non-hydrogen) atoms. The lowest BCUT2D eigenvalue weighted by Crippen LogP contribution is -2.29. The topological polar surface area (TPSA) is 76.7 Å². The van der Waals surface area contributed by atoms with Crippen LogP contribution in [0.15, 0.2) is 36.4 Å². The Balaban J connectivity index is 2.15. The van der Waals surface area contributed by atoms with Gasteiger partial charge in [-0.2, -0.15) is 0 Å². The van der Waals surface area contributed by atoms with Crippen LogP contribution in [0.5, 0.6) is 11.5 Å². The fourth-order valence-corrected chi connectivity index (χ4v) is 2.16. The first-order chi connectivity index (χ1) is 11.5. The zero-order chi connectivity index (χ0) is 17.7. The van der Waals surface area contributed by atoms with Crippen LogP contribution in [0.1, 0.15) is 11.1 Å². The van der Waals surface area contributed by atoms with Gasteiger partial charge in [0.1, 0.15) is 11.5 Å². The van der Waals surface area contributed by atoms with Crippen LogP contribution in [0, 0.1) is 13.8 Å². The largest absolute Gasteiger partial charge is 0.497 e. The second kappa shape index (κ2) is 7.50. The van der Waals surface area contributed by atoms with Crippen LogP contribution in [0.4, 0.5) is 11.4 Å². The van der Waals surface area contributed by atoms with E-state index in [1.807, 2.05) is 26.0 Å². The molecule has 0 unspecified atom stereocenters. The van der Waals surface area contributed by atoms with Crippen LogP contribution in [0.3, 0.4) is 0 Å². The average Bonchev–Trinajstić information content (AvgIpc) is 2.58. The summed E-state index contributed by atoms with van der Waals surface area (Å²) in [7, 11) is 2.99. The van der Waals surface area contributed by atoms with E-state index in [2.05, 4.69) is 10.6 Å². The van der Waals surface area contributed by atoms with Gasteiger partial charge in [0.2, 0.25) is 0 Å². The molecule has 0 spiro atoms. The van der Waals surface area contributed by atoms with Gasteiger partial charge in [0, 0.05) is 11.8 Å². The van der Waals surface area contributed by atoms with Crippen molar-refractivity contribution in [2.24, 2.45) is 0 Å². The molecule has 0 bridgehead atoms. The quantitative estimate of drug-likeness (QED) is 0.846. The summed E-state index contributed by atoms with van der Waals surface area (Å²) in [5.41, 5.74) is 2.91. The van der Waals surface area contributed by atoms with E-state index in [1.54, 1.807) is 24.3 Å². The maximum absolute atomic E-state index is 12.2. The molecule has 0 aliphatic heterocycles. The van der Waals surface area contributed by atoms with Crippen LogP contribution < -0.4 is 20.1 Å². The molecule has 126 valence electrons. The van der Waals surface area contributed by atoms with Crippen LogP contribution in [0.25, 0.3) is 0 Å². The summed E-state index contributed by atoms with van der Waals surface area (Å²) < 4.78 is 10.3. The standard InChI is InChI=1S/C18H20N2O4/c1-11-6-5-7-14(12(11)2)19-17(21)18(22)20-15-10-13(23-3)8-9-16(15)24-4/h5-10H,1-4H3,(H,19,21)(H,20,22). The van der Waals surface area contributed by atoms with Crippen molar-refractivity contribution >= 4 is 23.2 Å². The number of nitrogens with one attached hydrogen (secondary N) is 2. The Morgan fingerprint density at radius 3 is 2.17 bits per heavy atom. The Labute approximate surface area is 140 Å². The number of hydrogen-bond donors (Lipinski definition) is 2. The van der Waals surface area contributed by atoms with Crippen molar-refractivity contribution in [2.75, 3.05) is 24.9 Å². The third-order valence-electron chi connectivity index (χ3n) is 3.71. The minimum atomic E-state index is -0.789. The highest BCUT2D eigenvalue weighted by Gasteiger charge is 2.17. The van der Waals surface area contributed by atoms with Crippen molar-refractivity contribution in [1.29, 1.82) is 0 Å². The predicted molar refractivity (Wildman–Crippen MR) is 92.7 cm³/mol. The molecule has 0 saturated carbocycles. The Hall–Kier alpha value is -3.02. The number of methoxy groups -OCH3 is 2. The Kier molecular flexibility index (Phi) is 5.42. The molecule has 0 aromatic heterocycles. The molecule has 2 rings (SSSR count). The number of amides is 2. The molecule has 0 heterocycles. The third-order valence-corrected chi connectivity index (χ3v) is 3.71. The summed E-state index contributed by atoms with van der Waals surface area (Å²) in [6.07, 6.45) is 0. The van der Waals surface area contributed by atoms with Crippen LogP contribution in [-0.4, -0.2) is 26.0 Å². The molecule has 0 aliphatic carbocycles. The molecule has 0 saturated heterocycles. The molecular weight excluding hydrogens is 308 g/mol. The second-order valence-electron chi connectivity index (χ2n) is 5.22. The molecule has 2 aromatic carbocycles. The van der Waals surface area contributed by atoms with Gasteiger partial charge in [-0.3, -0.25) is 9.59 Å². The van der Waals surface area contributed by atoms with Crippen molar-refractivity contribution < 1.29 is 19.1 Å². The summed E-state index contributed by atoms with van der Waals surface area (Å²) in [6, 6.07) is 10.4. The maximum Gasteiger partial charge on any atom is 0.314 e. The van der Waals surface area contributed by atoms with Crippen LogP contribution in [0.2, 0.25) is 0 Å². The van der Waals surface area contributed by atoms with E-state index in [0.717, 1.165) is 11.1 Å². The van der Waals surface area contributed by atoms with E-state index in [-0.39, 0.29) is 0 Å². The molecule has 2 N–H and O–H groups in total. The normalized spacial score (nSPS) is 10.0. The molecule has 0 radical (unpaired) electrons. The second-order valence-corrected chi connectivity index (χ2v) is 5.22. The number of carbonyl (C=O) groups excluding carboxylic acids is 2. The summed E-state index contributed by atoms with van der Waals surface area (Å²) in [4.78, 5) is 24.3. The van der Waals surface area contributed by atoms with Gasteiger partial charge in [0.05, 0.1) is 19.9 Å². The fraction of sp³-hybridized carbons (Fsp3) is 0.222. The highest BCUT2D eigenvalue weighted by Crippen LogP contribution is 2.28. The molecule has 2 aromatic rings. The summed E-state index contributed by atoms with van der Waals surface area (Å²) in [5, 5.41) is 5.15. The van der Waals surface area contributed by atoms with Gasteiger partial charge in [0.15, 0.2) is 0 Å². The SMILES string of the molecule is COc1ccc(OC)c(NC(=O)C(=O)Nc2cccc(C)c2C)c1. The lowest BCUT2D eigenvalue weighted by molar-refractivity contribution is -0.133. The summed E-state index contributed by atoms with van der Waals surface area (Å²) in [5.74, 6) is -0.569. The van der Waals surface area contributed by atoms with Crippen molar-refractivity contribution in [3.8, 4) is 11.5 Å². The van der Waals surface area contributed by atoms with Gasteiger partial charge in [-0.05, 0) is 43.2 Å². The fourth-order valence-electron chi connectivity index (χ4n) is 2.16. The van der Waals surface area contributed by atoms with Crippen molar-refractivity contribution in [2.45, 2.75) is 13.8 Å². The van der Waals surface area contributed by atoms with E-state index in [1.165, 1.54) is 14.2 Å². The van der Waals surface area contributed by atoms with E-state index in [4.69, 9.17) is 9.47 Å². The van der Waals surface area contributed by atoms with E-state index >= 15 is 0 Å².